The van der Waals surface area contributed by atoms with Gasteiger partial charge in [0.15, 0.2) is 0 Å². The molecule has 6 N–H and O–H groups in total. The minimum Gasteiger partial charge on any atom is -0.399 e. The smallest absolute Gasteiger partial charge is 0.245 e. The molecule has 1 aromatic rings. The van der Waals surface area contributed by atoms with Crippen molar-refractivity contribution in [2.24, 2.45) is 29.6 Å². The first kappa shape index (κ1) is 46.1. The molecule has 0 spiro atoms. The van der Waals surface area contributed by atoms with Gasteiger partial charge in [0.1, 0.15) is 6.04 Å². The number of nitrogens with zero attached hydrogens (tertiary/aromatic N) is 2. The highest BCUT2D eigenvalue weighted by Crippen LogP contribution is 2.31. The lowest BCUT2D eigenvalue weighted by molar-refractivity contribution is -0.147. The van der Waals surface area contributed by atoms with Crippen molar-refractivity contribution < 1.29 is 33.8 Å². The number of likely N-dealkylation sites (N-methyl/N-ethyl adjacent to an activating group) is 1. The first-order valence-corrected chi connectivity index (χ1v) is 20.5. The van der Waals surface area contributed by atoms with Gasteiger partial charge in [0.2, 0.25) is 23.6 Å². The molecule has 0 aliphatic carbocycles. The zero-order valence-electron chi connectivity index (χ0n) is 35.3. The van der Waals surface area contributed by atoms with Crippen LogP contribution < -0.4 is 21.7 Å². The van der Waals surface area contributed by atoms with E-state index < -0.39 is 36.3 Å². The van der Waals surface area contributed by atoms with Crippen LogP contribution in [0.1, 0.15) is 93.1 Å². The Morgan fingerprint density at radius 2 is 1.75 bits per heavy atom. The summed E-state index contributed by atoms with van der Waals surface area (Å²) in [4.78, 5) is 59.2. The van der Waals surface area contributed by atoms with Gasteiger partial charge in [-0.25, -0.2) is 0 Å². The second-order valence-corrected chi connectivity index (χ2v) is 16.5. The maximum absolute atomic E-state index is 14.3. The fourth-order valence-corrected chi connectivity index (χ4v) is 8.79. The Labute approximate surface area is 330 Å². The molecule has 312 valence electrons. The van der Waals surface area contributed by atoms with Crippen LogP contribution in [-0.4, -0.2) is 121 Å². The predicted molar refractivity (Wildman–Crippen MR) is 216 cm³/mol. The number of nitrogens with one attached hydrogen (secondary N) is 3. The number of carbonyl (C=O) groups is 4. The molecular formula is C42H72N6O7. The van der Waals surface area contributed by atoms with Gasteiger partial charge < -0.3 is 46.1 Å². The number of anilines is 1. The molecular weight excluding hydrogens is 700 g/mol. The molecule has 2 aliphatic rings. The molecule has 2 saturated heterocycles. The number of benzene rings is 1. The Hall–Kier alpha value is -3.26. The number of carbonyl (C=O) groups excluding carboxylic acids is 4. The van der Waals surface area contributed by atoms with Crippen LogP contribution in [0.25, 0.3) is 0 Å². The topological polar surface area (TPSA) is 176 Å². The van der Waals surface area contributed by atoms with E-state index in [4.69, 9.17) is 15.2 Å². The molecule has 0 bridgehead atoms. The third-order valence-electron chi connectivity index (χ3n) is 12.6. The Balaban J connectivity index is 1.75. The summed E-state index contributed by atoms with van der Waals surface area (Å²) in [6, 6.07) is 5.15. The first-order chi connectivity index (χ1) is 26.0. The molecule has 0 radical (unpaired) electrons. The van der Waals surface area contributed by atoms with Crippen LogP contribution in [0.5, 0.6) is 0 Å². The molecule has 3 unspecified atom stereocenters. The zero-order chi connectivity index (χ0) is 41.1. The van der Waals surface area contributed by atoms with Crippen molar-refractivity contribution in [2.75, 3.05) is 40.2 Å². The van der Waals surface area contributed by atoms with Crippen LogP contribution >= 0.6 is 0 Å². The highest BCUT2D eigenvalue weighted by Gasteiger charge is 2.45. The number of rotatable bonds is 20. The number of nitrogen functional groups attached to an aromatic ring is 1. The highest BCUT2D eigenvalue weighted by molar-refractivity contribution is 5.90. The largest absolute Gasteiger partial charge is 0.399 e. The summed E-state index contributed by atoms with van der Waals surface area (Å²) in [7, 11) is 4.87. The first-order valence-electron chi connectivity index (χ1n) is 20.5. The minimum absolute atomic E-state index is 0.0190. The van der Waals surface area contributed by atoms with Crippen LogP contribution in [0.4, 0.5) is 5.69 Å². The monoisotopic (exact) mass is 773 g/mol. The van der Waals surface area contributed by atoms with E-state index in [9.17, 15) is 24.3 Å². The number of amides is 4. The average Bonchev–Trinajstić information content (AvgIpc) is 3.76. The molecule has 0 aromatic heterocycles. The van der Waals surface area contributed by atoms with E-state index in [-0.39, 0.29) is 72.5 Å². The number of hydrogen-bond donors (Lipinski definition) is 5. The zero-order valence-corrected chi connectivity index (χ0v) is 35.3. The number of hydrogen-bond acceptors (Lipinski definition) is 9. The van der Waals surface area contributed by atoms with E-state index in [0.29, 0.717) is 31.0 Å². The maximum atomic E-state index is 14.3. The Morgan fingerprint density at radius 3 is 2.29 bits per heavy atom. The summed E-state index contributed by atoms with van der Waals surface area (Å²) in [5.74, 6) is -1.13. The van der Waals surface area contributed by atoms with Gasteiger partial charge in [-0.2, -0.15) is 0 Å². The van der Waals surface area contributed by atoms with Crippen LogP contribution in [0, 0.1) is 29.6 Å². The second kappa shape index (κ2) is 21.3. The standard InChI is InChI=1S/C42H72N6O7/c1-12-25(5)38(47(9)42(53)36(24(3)4)46-41(52)37-27(7)26(6)32(13-2)45-37)34(54-10)22-35(50)48-19-15-18-33(48)39(55-11)28(8)40(51)44-31(23-49)21-29-16-14-17-30(43)20-29/h14,16-17,20,24-28,31-34,36-39,45,49H,12-13,15,18-19,21-23,43H2,1-11H3,(H,44,51)(H,46,52)/t25-,26-,27?,28+,31-,32?,33-,34+,36-,37-,38?,39+/m0/s1. The van der Waals surface area contributed by atoms with E-state index in [2.05, 4.69) is 43.6 Å². The molecule has 2 aliphatic heterocycles. The molecule has 3 rings (SSSR count). The van der Waals surface area contributed by atoms with Gasteiger partial charge in [-0.15, -0.1) is 0 Å². The average molecular weight is 773 g/mol. The summed E-state index contributed by atoms with van der Waals surface area (Å²) in [5.41, 5.74) is 7.44. The van der Waals surface area contributed by atoms with Crippen LogP contribution in [-0.2, 0) is 35.1 Å². The van der Waals surface area contributed by atoms with E-state index in [1.165, 1.54) is 0 Å². The molecule has 1 aromatic carbocycles. The second-order valence-electron chi connectivity index (χ2n) is 16.5. The predicted octanol–water partition coefficient (Wildman–Crippen LogP) is 3.37. The lowest BCUT2D eigenvalue weighted by atomic mass is 9.88. The molecule has 13 heteroatoms. The van der Waals surface area contributed by atoms with Gasteiger partial charge in [0.25, 0.3) is 0 Å². The van der Waals surface area contributed by atoms with Crippen molar-refractivity contribution in [3.8, 4) is 0 Å². The van der Waals surface area contributed by atoms with Crippen molar-refractivity contribution in [1.82, 2.24) is 25.8 Å². The quantitative estimate of drug-likeness (QED) is 0.125. The van der Waals surface area contributed by atoms with Crippen molar-refractivity contribution >= 4 is 29.3 Å². The van der Waals surface area contributed by atoms with Crippen molar-refractivity contribution in [1.29, 1.82) is 0 Å². The van der Waals surface area contributed by atoms with E-state index >= 15 is 0 Å². The number of ether oxygens (including phenoxy) is 2. The number of methoxy groups -OCH3 is 2. The SMILES string of the molecule is CCC1N[C@H](C(=O)N[C@H](C(=O)N(C)C([C@@H](C)CC)[C@@H](CC(=O)N2CCC[C@H]2[C@H](OC)[C@@H](C)C(=O)N[C@H](CO)Cc2cccc(N)c2)OC)C(C)C)C(C)[C@@H]1C. The van der Waals surface area contributed by atoms with E-state index in [1.807, 2.05) is 39.0 Å². The van der Waals surface area contributed by atoms with E-state index in [1.54, 1.807) is 44.1 Å². The fourth-order valence-electron chi connectivity index (χ4n) is 8.79. The normalized spacial score (nSPS) is 25.1. The summed E-state index contributed by atoms with van der Waals surface area (Å²) in [6.07, 6.45) is 2.33. The van der Waals surface area contributed by atoms with Crippen LogP contribution in [0.2, 0.25) is 0 Å². The van der Waals surface area contributed by atoms with Gasteiger partial charge in [0.05, 0.1) is 55.3 Å². The van der Waals surface area contributed by atoms with Gasteiger partial charge in [-0.05, 0) is 67.1 Å². The summed E-state index contributed by atoms with van der Waals surface area (Å²) < 4.78 is 12.0. The third kappa shape index (κ3) is 11.4. The lowest BCUT2D eigenvalue weighted by Crippen LogP contribution is -2.59. The van der Waals surface area contributed by atoms with Crippen molar-refractivity contribution in [3.63, 3.8) is 0 Å². The van der Waals surface area contributed by atoms with Gasteiger partial charge in [-0.3, -0.25) is 19.2 Å². The molecule has 2 fully saturated rings. The molecule has 2 heterocycles. The van der Waals surface area contributed by atoms with Crippen LogP contribution in [0.3, 0.4) is 0 Å². The summed E-state index contributed by atoms with van der Waals surface area (Å²) in [6.45, 7) is 16.4. The molecule has 0 saturated carbocycles. The van der Waals surface area contributed by atoms with Crippen LogP contribution in [0.15, 0.2) is 24.3 Å². The Kier molecular flexibility index (Phi) is 17.9. The molecule has 13 nitrogen and oxygen atoms in total. The highest BCUT2D eigenvalue weighted by atomic mass is 16.5. The summed E-state index contributed by atoms with van der Waals surface area (Å²) in [5, 5.41) is 19.6. The lowest BCUT2D eigenvalue weighted by Gasteiger charge is -2.41. The Morgan fingerprint density at radius 1 is 1.05 bits per heavy atom. The summed E-state index contributed by atoms with van der Waals surface area (Å²) >= 11 is 0. The molecule has 4 amide bonds. The van der Waals surface area contributed by atoms with Gasteiger partial charge in [-0.1, -0.05) is 73.9 Å². The van der Waals surface area contributed by atoms with E-state index in [0.717, 1.165) is 24.8 Å². The number of likely N-dealkylation sites (tertiary alicyclic amines) is 1. The Bertz CT molecular complexity index is 1410. The van der Waals surface area contributed by atoms with Gasteiger partial charge >= 0.3 is 0 Å². The van der Waals surface area contributed by atoms with Crippen molar-refractivity contribution in [3.05, 3.63) is 29.8 Å². The van der Waals surface area contributed by atoms with Gasteiger partial charge in [0, 0.05) is 39.5 Å². The fraction of sp³-hybridized carbons (Fsp3) is 0.762. The number of nitrogens with two attached hydrogens (primary N) is 1. The number of aliphatic hydroxyl groups is 1. The third-order valence-corrected chi connectivity index (χ3v) is 12.6. The molecule has 55 heavy (non-hydrogen) atoms. The minimum atomic E-state index is -0.753. The maximum Gasteiger partial charge on any atom is 0.245 e. The van der Waals surface area contributed by atoms with Crippen molar-refractivity contribution in [2.45, 2.75) is 142 Å². The molecule has 12 atom stereocenters. The number of aliphatic hydroxyl groups excluding tert-OH is 1.